The zero-order valence-electron chi connectivity index (χ0n) is 12.1. The molecule has 3 atom stereocenters. The lowest BCUT2D eigenvalue weighted by atomic mass is 9.90. The molecule has 3 rings (SSSR count). The SMILES string of the molecule is O=S1(=O)CCC(NCCN2CCOC3CCCCC32)C1. The minimum absolute atomic E-state index is 0.170. The van der Waals surface area contributed by atoms with Crippen LogP contribution in [0.15, 0.2) is 0 Å². The fraction of sp³-hybridized carbons (Fsp3) is 1.00. The van der Waals surface area contributed by atoms with Crippen molar-refractivity contribution in [2.24, 2.45) is 0 Å². The molecule has 0 amide bonds. The standard InChI is InChI=1S/C14H26N2O3S/c17-20(18)10-5-12(11-20)15-6-7-16-8-9-19-14-4-2-1-3-13(14)16/h12-15H,1-11H2. The molecule has 1 N–H and O–H groups in total. The molecule has 2 aliphatic heterocycles. The number of fused-ring (bicyclic) bond motifs is 1. The lowest BCUT2D eigenvalue weighted by Crippen LogP contribution is -2.54. The number of ether oxygens (including phenoxy) is 1. The number of rotatable bonds is 4. The Kier molecular flexibility index (Phi) is 4.65. The van der Waals surface area contributed by atoms with E-state index in [0.717, 1.165) is 32.7 Å². The van der Waals surface area contributed by atoms with Gasteiger partial charge in [-0.05, 0) is 19.3 Å². The van der Waals surface area contributed by atoms with Gasteiger partial charge in [0.1, 0.15) is 0 Å². The Morgan fingerprint density at radius 2 is 2.05 bits per heavy atom. The first kappa shape index (κ1) is 14.8. The smallest absolute Gasteiger partial charge is 0.151 e. The quantitative estimate of drug-likeness (QED) is 0.815. The van der Waals surface area contributed by atoms with Crippen LogP contribution in [0.4, 0.5) is 0 Å². The van der Waals surface area contributed by atoms with E-state index in [1.165, 1.54) is 25.7 Å². The van der Waals surface area contributed by atoms with Crippen molar-refractivity contribution in [2.45, 2.75) is 50.3 Å². The van der Waals surface area contributed by atoms with Gasteiger partial charge in [0.05, 0.1) is 24.2 Å². The molecule has 2 heterocycles. The van der Waals surface area contributed by atoms with Gasteiger partial charge in [0, 0.05) is 31.7 Å². The summed E-state index contributed by atoms with van der Waals surface area (Å²) in [6, 6.07) is 0.759. The molecule has 0 radical (unpaired) electrons. The summed E-state index contributed by atoms with van der Waals surface area (Å²) in [5.74, 6) is 0.676. The highest BCUT2D eigenvalue weighted by Gasteiger charge is 2.34. The van der Waals surface area contributed by atoms with Crippen molar-refractivity contribution < 1.29 is 13.2 Å². The van der Waals surface area contributed by atoms with Crippen molar-refractivity contribution in [1.29, 1.82) is 0 Å². The first-order chi connectivity index (χ1) is 9.64. The molecule has 2 saturated heterocycles. The van der Waals surface area contributed by atoms with Crippen LogP contribution in [-0.2, 0) is 14.6 Å². The summed E-state index contributed by atoms with van der Waals surface area (Å²) in [4.78, 5) is 2.55. The first-order valence-electron chi connectivity index (χ1n) is 7.93. The predicted molar refractivity (Wildman–Crippen MR) is 78.6 cm³/mol. The monoisotopic (exact) mass is 302 g/mol. The van der Waals surface area contributed by atoms with E-state index in [-0.39, 0.29) is 6.04 Å². The van der Waals surface area contributed by atoms with E-state index in [1.807, 2.05) is 0 Å². The number of nitrogens with zero attached hydrogens (tertiary/aromatic N) is 1. The third-order valence-electron chi connectivity index (χ3n) is 4.91. The normalized spacial score (nSPS) is 37.7. The molecule has 20 heavy (non-hydrogen) atoms. The Labute approximate surface area is 122 Å². The van der Waals surface area contributed by atoms with Crippen LogP contribution in [0.3, 0.4) is 0 Å². The number of hydrogen-bond donors (Lipinski definition) is 1. The molecule has 0 aromatic rings. The summed E-state index contributed by atoms with van der Waals surface area (Å²) in [5.41, 5.74) is 0. The van der Waals surface area contributed by atoms with Crippen molar-refractivity contribution >= 4 is 9.84 Å². The van der Waals surface area contributed by atoms with Gasteiger partial charge in [0.2, 0.25) is 0 Å². The van der Waals surface area contributed by atoms with Gasteiger partial charge < -0.3 is 10.1 Å². The number of sulfone groups is 1. The summed E-state index contributed by atoms with van der Waals surface area (Å²) in [5, 5.41) is 3.42. The van der Waals surface area contributed by atoms with E-state index in [1.54, 1.807) is 0 Å². The maximum absolute atomic E-state index is 11.4. The van der Waals surface area contributed by atoms with Crippen LogP contribution >= 0.6 is 0 Å². The summed E-state index contributed by atoms with van der Waals surface area (Å²) < 4.78 is 28.7. The van der Waals surface area contributed by atoms with E-state index >= 15 is 0 Å². The predicted octanol–water partition coefficient (Wildman–Crippen LogP) is 0.407. The Bertz CT molecular complexity index is 424. The molecular weight excluding hydrogens is 276 g/mol. The second-order valence-electron chi connectivity index (χ2n) is 6.35. The van der Waals surface area contributed by atoms with Crippen LogP contribution in [0, 0.1) is 0 Å². The maximum Gasteiger partial charge on any atom is 0.151 e. The van der Waals surface area contributed by atoms with Gasteiger partial charge >= 0.3 is 0 Å². The molecular formula is C14H26N2O3S. The van der Waals surface area contributed by atoms with Crippen LogP contribution in [0.25, 0.3) is 0 Å². The van der Waals surface area contributed by atoms with Crippen molar-refractivity contribution in [3.05, 3.63) is 0 Å². The Morgan fingerprint density at radius 3 is 2.85 bits per heavy atom. The molecule has 0 aromatic heterocycles. The third-order valence-corrected chi connectivity index (χ3v) is 6.68. The van der Waals surface area contributed by atoms with Gasteiger partial charge in [0.25, 0.3) is 0 Å². The van der Waals surface area contributed by atoms with Crippen LogP contribution in [0.1, 0.15) is 32.1 Å². The Balaban J connectivity index is 1.43. The first-order valence-corrected chi connectivity index (χ1v) is 9.76. The Hall–Kier alpha value is -0.170. The van der Waals surface area contributed by atoms with Gasteiger partial charge in [-0.1, -0.05) is 12.8 Å². The second kappa shape index (κ2) is 6.30. The fourth-order valence-electron chi connectivity index (χ4n) is 3.82. The van der Waals surface area contributed by atoms with E-state index in [2.05, 4.69) is 10.2 Å². The number of nitrogens with one attached hydrogen (secondary N) is 1. The molecule has 0 aromatic carbocycles. The summed E-state index contributed by atoms with van der Waals surface area (Å²) in [7, 11) is -2.77. The van der Waals surface area contributed by atoms with E-state index in [0.29, 0.717) is 23.7 Å². The van der Waals surface area contributed by atoms with Gasteiger partial charge in [-0.15, -0.1) is 0 Å². The summed E-state index contributed by atoms with van der Waals surface area (Å²) in [6.07, 6.45) is 6.28. The molecule has 0 spiro atoms. The molecule has 1 saturated carbocycles. The van der Waals surface area contributed by atoms with Crippen LogP contribution in [0.2, 0.25) is 0 Å². The van der Waals surface area contributed by atoms with Gasteiger partial charge in [-0.25, -0.2) is 8.42 Å². The van der Waals surface area contributed by atoms with E-state index < -0.39 is 9.84 Å². The largest absolute Gasteiger partial charge is 0.375 e. The molecule has 5 nitrogen and oxygen atoms in total. The minimum Gasteiger partial charge on any atom is -0.375 e. The molecule has 6 heteroatoms. The highest BCUT2D eigenvalue weighted by Crippen LogP contribution is 2.28. The molecule has 1 aliphatic carbocycles. The number of morpholine rings is 1. The molecule has 0 bridgehead atoms. The topological polar surface area (TPSA) is 58.6 Å². The van der Waals surface area contributed by atoms with Gasteiger partial charge in [-0.3, -0.25) is 4.90 Å². The van der Waals surface area contributed by atoms with Crippen molar-refractivity contribution in [1.82, 2.24) is 10.2 Å². The van der Waals surface area contributed by atoms with Crippen LogP contribution < -0.4 is 5.32 Å². The zero-order valence-corrected chi connectivity index (χ0v) is 12.9. The molecule has 116 valence electrons. The average molecular weight is 302 g/mol. The second-order valence-corrected chi connectivity index (χ2v) is 8.58. The zero-order chi connectivity index (χ0) is 14.0. The van der Waals surface area contributed by atoms with Crippen molar-refractivity contribution in [3.8, 4) is 0 Å². The van der Waals surface area contributed by atoms with Crippen molar-refractivity contribution in [2.75, 3.05) is 37.7 Å². The van der Waals surface area contributed by atoms with E-state index in [9.17, 15) is 8.42 Å². The molecule has 3 fully saturated rings. The summed E-state index contributed by atoms with van der Waals surface area (Å²) in [6.45, 7) is 3.77. The fourth-order valence-corrected chi connectivity index (χ4v) is 5.53. The van der Waals surface area contributed by atoms with Gasteiger partial charge in [0.15, 0.2) is 9.84 Å². The highest BCUT2D eigenvalue weighted by atomic mass is 32.2. The van der Waals surface area contributed by atoms with Crippen LogP contribution in [-0.4, -0.2) is 69.3 Å². The average Bonchev–Trinajstić information content (AvgIpc) is 2.79. The Morgan fingerprint density at radius 1 is 1.20 bits per heavy atom. The maximum atomic E-state index is 11.4. The lowest BCUT2D eigenvalue weighted by Gasteiger charge is -2.44. The van der Waals surface area contributed by atoms with Crippen molar-refractivity contribution in [3.63, 3.8) is 0 Å². The van der Waals surface area contributed by atoms with E-state index in [4.69, 9.17) is 4.74 Å². The minimum atomic E-state index is -2.77. The third kappa shape index (κ3) is 3.53. The highest BCUT2D eigenvalue weighted by molar-refractivity contribution is 7.91. The summed E-state index contributed by atoms with van der Waals surface area (Å²) >= 11 is 0. The molecule has 3 unspecified atom stereocenters. The lowest BCUT2D eigenvalue weighted by molar-refractivity contribution is -0.0874. The van der Waals surface area contributed by atoms with Gasteiger partial charge in [-0.2, -0.15) is 0 Å². The van der Waals surface area contributed by atoms with Crippen LogP contribution in [0.5, 0.6) is 0 Å². The molecule has 3 aliphatic rings. The number of hydrogen-bond acceptors (Lipinski definition) is 5.